The number of benzene rings is 2. The molecule has 0 aliphatic heterocycles. The van der Waals surface area contributed by atoms with Gasteiger partial charge in [0, 0.05) is 17.6 Å². The molecular weight excluding hydrogens is 268 g/mol. The van der Waals surface area contributed by atoms with Crippen molar-refractivity contribution in [3.63, 3.8) is 0 Å². The zero-order valence-electron chi connectivity index (χ0n) is 12.6. The largest absolute Gasteiger partial charge is 0.303 e. The molecule has 2 aromatic carbocycles. The summed E-state index contributed by atoms with van der Waals surface area (Å²) >= 11 is 0. The number of halogens is 2. The van der Waals surface area contributed by atoms with Gasteiger partial charge in [0.1, 0.15) is 0 Å². The summed E-state index contributed by atoms with van der Waals surface area (Å²) in [5, 5.41) is 3.41. The second-order valence-electron chi connectivity index (χ2n) is 5.66. The highest BCUT2D eigenvalue weighted by molar-refractivity contribution is 5.24. The van der Waals surface area contributed by atoms with Gasteiger partial charge in [0.15, 0.2) is 11.6 Å². The molecule has 1 N–H and O–H groups in total. The first-order valence-corrected chi connectivity index (χ1v) is 7.25. The number of hydrogen-bond donors (Lipinski definition) is 1. The average Bonchev–Trinajstić information content (AvgIpc) is 2.48. The predicted octanol–water partition coefficient (Wildman–Crippen LogP) is 5.01. The lowest BCUT2D eigenvalue weighted by Crippen LogP contribution is -2.29. The maximum atomic E-state index is 13.9. The monoisotopic (exact) mass is 289 g/mol. The number of rotatable bonds is 5. The smallest absolute Gasteiger partial charge is 0.163 e. The van der Waals surface area contributed by atoms with E-state index in [1.807, 2.05) is 37.3 Å². The molecule has 0 heterocycles. The Labute approximate surface area is 125 Å². The molecular formula is C18H21F2N. The van der Waals surface area contributed by atoms with Crippen molar-refractivity contribution in [2.75, 3.05) is 0 Å². The molecule has 0 aliphatic carbocycles. The minimum atomic E-state index is -0.804. The molecule has 3 heteroatoms. The second kappa shape index (κ2) is 6.81. The third-order valence-electron chi connectivity index (χ3n) is 3.70. The zero-order valence-corrected chi connectivity index (χ0v) is 12.6. The summed E-state index contributed by atoms with van der Waals surface area (Å²) in [6, 6.07) is 14.2. The van der Waals surface area contributed by atoms with Gasteiger partial charge in [-0.1, -0.05) is 56.3 Å². The molecule has 0 radical (unpaired) electrons. The fourth-order valence-corrected chi connectivity index (χ4v) is 2.55. The lowest BCUT2D eigenvalue weighted by Gasteiger charge is -2.27. The maximum Gasteiger partial charge on any atom is 0.163 e. The van der Waals surface area contributed by atoms with Crippen molar-refractivity contribution in [2.45, 2.75) is 32.9 Å². The molecule has 1 nitrogen and oxygen atoms in total. The third kappa shape index (κ3) is 3.67. The Morgan fingerprint density at radius 2 is 1.52 bits per heavy atom. The first-order chi connectivity index (χ1) is 10.0. The Morgan fingerprint density at radius 1 is 0.857 bits per heavy atom. The summed E-state index contributed by atoms with van der Waals surface area (Å²) in [7, 11) is 0. The molecule has 0 aromatic heterocycles. The molecule has 0 aliphatic rings. The van der Waals surface area contributed by atoms with Crippen molar-refractivity contribution in [1.82, 2.24) is 5.32 Å². The Hall–Kier alpha value is -1.74. The Kier molecular flexibility index (Phi) is 5.07. The van der Waals surface area contributed by atoms with Crippen molar-refractivity contribution in [1.29, 1.82) is 0 Å². The fourth-order valence-electron chi connectivity index (χ4n) is 2.55. The highest BCUT2D eigenvalue weighted by Gasteiger charge is 2.21. The van der Waals surface area contributed by atoms with E-state index in [4.69, 9.17) is 0 Å². The van der Waals surface area contributed by atoms with Crippen molar-refractivity contribution in [2.24, 2.45) is 5.92 Å². The van der Waals surface area contributed by atoms with Gasteiger partial charge >= 0.3 is 0 Å². The second-order valence-corrected chi connectivity index (χ2v) is 5.66. The van der Waals surface area contributed by atoms with E-state index in [0.29, 0.717) is 11.5 Å². The van der Waals surface area contributed by atoms with E-state index in [9.17, 15) is 8.78 Å². The summed E-state index contributed by atoms with van der Waals surface area (Å²) in [5.41, 5.74) is 1.51. The number of hydrogen-bond acceptors (Lipinski definition) is 1. The Bertz CT molecular complexity index is 581. The standard InChI is InChI=1S/C18H21F2N/c1-12(2)18(14-8-5-4-6-9-14)21-13(3)15-10-7-11-16(19)17(15)20/h4-13,18,21H,1-3H3. The molecule has 2 rings (SSSR count). The number of nitrogens with one attached hydrogen (secondary N) is 1. The lowest BCUT2D eigenvalue weighted by molar-refractivity contribution is 0.365. The first-order valence-electron chi connectivity index (χ1n) is 7.25. The third-order valence-corrected chi connectivity index (χ3v) is 3.70. The molecule has 2 aromatic rings. The molecule has 0 fully saturated rings. The predicted molar refractivity (Wildman–Crippen MR) is 81.9 cm³/mol. The minimum absolute atomic E-state index is 0.0869. The Morgan fingerprint density at radius 3 is 2.14 bits per heavy atom. The van der Waals surface area contributed by atoms with Crippen LogP contribution in [0.15, 0.2) is 48.5 Å². The van der Waals surface area contributed by atoms with Gasteiger partial charge in [-0.25, -0.2) is 8.78 Å². The average molecular weight is 289 g/mol. The zero-order chi connectivity index (χ0) is 15.4. The van der Waals surface area contributed by atoms with Gasteiger partial charge < -0.3 is 5.32 Å². The summed E-state index contributed by atoms with van der Waals surface area (Å²) in [5.74, 6) is -1.23. The normalized spacial score (nSPS) is 14.2. The van der Waals surface area contributed by atoms with Crippen molar-refractivity contribution >= 4 is 0 Å². The summed E-state index contributed by atoms with van der Waals surface area (Å²) in [6.07, 6.45) is 0. The van der Waals surface area contributed by atoms with Gasteiger partial charge in [-0.2, -0.15) is 0 Å². The maximum absolute atomic E-state index is 13.9. The molecule has 0 saturated carbocycles. The van der Waals surface area contributed by atoms with Crippen LogP contribution in [-0.2, 0) is 0 Å². The Balaban J connectivity index is 2.23. The molecule has 0 bridgehead atoms. The first kappa shape index (κ1) is 15.6. The highest BCUT2D eigenvalue weighted by atomic mass is 19.2. The summed E-state index contributed by atoms with van der Waals surface area (Å²) < 4.78 is 27.2. The van der Waals surface area contributed by atoms with Crippen LogP contribution in [0.1, 0.15) is 44.0 Å². The molecule has 0 spiro atoms. The van der Waals surface area contributed by atoms with Crippen LogP contribution < -0.4 is 5.32 Å². The molecule has 21 heavy (non-hydrogen) atoms. The summed E-state index contributed by atoms with van der Waals surface area (Å²) in [4.78, 5) is 0. The SMILES string of the molecule is CC(NC(c1ccccc1)C(C)C)c1cccc(F)c1F. The van der Waals surface area contributed by atoms with Crippen LogP contribution in [0.25, 0.3) is 0 Å². The highest BCUT2D eigenvalue weighted by Crippen LogP contribution is 2.27. The van der Waals surface area contributed by atoms with E-state index in [0.717, 1.165) is 11.6 Å². The topological polar surface area (TPSA) is 12.0 Å². The lowest BCUT2D eigenvalue weighted by atomic mass is 9.94. The van der Waals surface area contributed by atoms with Gasteiger partial charge in [0.25, 0.3) is 0 Å². The van der Waals surface area contributed by atoms with Crippen LogP contribution in [0.4, 0.5) is 8.78 Å². The van der Waals surface area contributed by atoms with Crippen LogP contribution in [0.3, 0.4) is 0 Å². The van der Waals surface area contributed by atoms with Crippen LogP contribution in [-0.4, -0.2) is 0 Å². The van der Waals surface area contributed by atoms with Gasteiger partial charge in [-0.05, 0) is 24.5 Å². The van der Waals surface area contributed by atoms with Crippen LogP contribution in [0, 0.1) is 17.6 Å². The van der Waals surface area contributed by atoms with E-state index < -0.39 is 11.6 Å². The minimum Gasteiger partial charge on any atom is -0.303 e. The van der Waals surface area contributed by atoms with Crippen LogP contribution in [0.2, 0.25) is 0 Å². The van der Waals surface area contributed by atoms with Gasteiger partial charge in [-0.3, -0.25) is 0 Å². The summed E-state index contributed by atoms with van der Waals surface area (Å²) in [6.45, 7) is 6.08. The molecule has 2 unspecified atom stereocenters. The molecule has 2 atom stereocenters. The van der Waals surface area contributed by atoms with Crippen LogP contribution in [0.5, 0.6) is 0 Å². The van der Waals surface area contributed by atoms with Gasteiger partial charge in [0.05, 0.1) is 0 Å². The van der Waals surface area contributed by atoms with Crippen molar-refractivity contribution in [3.05, 3.63) is 71.3 Å². The fraction of sp³-hybridized carbons (Fsp3) is 0.333. The van der Waals surface area contributed by atoms with E-state index in [2.05, 4.69) is 19.2 Å². The molecule has 112 valence electrons. The van der Waals surface area contributed by atoms with Crippen molar-refractivity contribution in [3.8, 4) is 0 Å². The van der Waals surface area contributed by atoms with Gasteiger partial charge in [0.2, 0.25) is 0 Å². The van der Waals surface area contributed by atoms with E-state index in [1.165, 1.54) is 0 Å². The van der Waals surface area contributed by atoms with Crippen molar-refractivity contribution < 1.29 is 8.78 Å². The van der Waals surface area contributed by atoms with E-state index in [1.54, 1.807) is 12.1 Å². The van der Waals surface area contributed by atoms with Gasteiger partial charge in [-0.15, -0.1) is 0 Å². The molecule has 0 amide bonds. The molecule has 0 saturated heterocycles. The van der Waals surface area contributed by atoms with E-state index >= 15 is 0 Å². The quantitative estimate of drug-likeness (QED) is 0.815. The van der Waals surface area contributed by atoms with E-state index in [-0.39, 0.29) is 12.1 Å². The van der Waals surface area contributed by atoms with Crippen LogP contribution >= 0.6 is 0 Å².